The van der Waals surface area contributed by atoms with E-state index < -0.39 is 6.10 Å². The highest BCUT2D eigenvalue weighted by molar-refractivity contribution is 7.99. The van der Waals surface area contributed by atoms with Crippen LogP contribution in [0.15, 0.2) is 41.6 Å². The lowest BCUT2D eigenvalue weighted by molar-refractivity contribution is 0.204. The summed E-state index contributed by atoms with van der Waals surface area (Å²) in [6.07, 6.45) is 4.03. The van der Waals surface area contributed by atoms with Crippen LogP contribution in [0.3, 0.4) is 0 Å². The molecule has 0 aliphatic carbocycles. The highest BCUT2D eigenvalue weighted by Crippen LogP contribution is 2.24. The van der Waals surface area contributed by atoms with Gasteiger partial charge in [-0.05, 0) is 30.7 Å². The molecule has 0 amide bonds. The number of aryl methyl sites for hydroxylation is 1. The first-order valence-corrected chi connectivity index (χ1v) is 7.26. The maximum Gasteiger partial charge on any atom is 0.123 e. The Morgan fingerprint density at radius 1 is 1.37 bits per heavy atom. The molecule has 0 spiro atoms. The van der Waals surface area contributed by atoms with Gasteiger partial charge in [0.25, 0.3) is 0 Å². The summed E-state index contributed by atoms with van der Waals surface area (Å²) in [6.45, 7) is 2.94. The molecule has 5 heteroatoms. The Morgan fingerprint density at radius 2 is 2.11 bits per heavy atom. The molecular formula is C14H17FN2OS. The van der Waals surface area contributed by atoms with Gasteiger partial charge in [-0.3, -0.25) is 4.68 Å². The standard InChI is InChI=1S/C14H17FN2OS/c1-2-7-17-9-11(8-16-17)14(18)10-19-13-5-3-12(15)4-6-13/h3-6,8-9,14,18H,2,7,10H2,1H3. The highest BCUT2D eigenvalue weighted by atomic mass is 32.2. The summed E-state index contributed by atoms with van der Waals surface area (Å²) in [7, 11) is 0. The van der Waals surface area contributed by atoms with Gasteiger partial charge in [-0.25, -0.2) is 4.39 Å². The summed E-state index contributed by atoms with van der Waals surface area (Å²) in [5.41, 5.74) is 0.822. The molecule has 0 fully saturated rings. The smallest absolute Gasteiger partial charge is 0.123 e. The number of aromatic nitrogens is 2. The molecule has 102 valence electrons. The second kappa shape index (κ2) is 6.73. The quantitative estimate of drug-likeness (QED) is 0.825. The van der Waals surface area contributed by atoms with E-state index in [2.05, 4.69) is 12.0 Å². The topological polar surface area (TPSA) is 38.0 Å². The van der Waals surface area contributed by atoms with E-state index >= 15 is 0 Å². The van der Waals surface area contributed by atoms with Crippen LogP contribution in [0.1, 0.15) is 25.0 Å². The number of halogens is 1. The van der Waals surface area contributed by atoms with Crippen molar-refractivity contribution in [3.05, 3.63) is 48.0 Å². The first-order valence-electron chi connectivity index (χ1n) is 6.28. The summed E-state index contributed by atoms with van der Waals surface area (Å²) >= 11 is 1.50. The van der Waals surface area contributed by atoms with Crippen LogP contribution in [-0.4, -0.2) is 20.6 Å². The molecule has 2 aromatic rings. The van der Waals surface area contributed by atoms with Gasteiger partial charge in [0, 0.05) is 29.0 Å². The van der Waals surface area contributed by atoms with Gasteiger partial charge in [-0.2, -0.15) is 5.10 Å². The van der Waals surface area contributed by atoms with Crippen molar-refractivity contribution in [2.24, 2.45) is 0 Å². The molecular weight excluding hydrogens is 263 g/mol. The van der Waals surface area contributed by atoms with Gasteiger partial charge in [0.2, 0.25) is 0 Å². The van der Waals surface area contributed by atoms with Gasteiger partial charge in [0.05, 0.1) is 12.3 Å². The predicted molar refractivity (Wildman–Crippen MR) is 74.6 cm³/mol. The van der Waals surface area contributed by atoms with E-state index in [-0.39, 0.29) is 5.82 Å². The summed E-state index contributed by atoms with van der Waals surface area (Å²) in [4.78, 5) is 0.946. The van der Waals surface area contributed by atoms with E-state index in [4.69, 9.17) is 0 Å². The molecule has 0 aliphatic rings. The Kier molecular flexibility index (Phi) is 4.99. The monoisotopic (exact) mass is 280 g/mol. The maximum atomic E-state index is 12.8. The zero-order valence-corrected chi connectivity index (χ0v) is 11.6. The number of thioether (sulfide) groups is 1. The van der Waals surface area contributed by atoms with Crippen molar-refractivity contribution in [1.29, 1.82) is 0 Å². The molecule has 1 aromatic carbocycles. The van der Waals surface area contributed by atoms with Crippen LogP contribution in [0.5, 0.6) is 0 Å². The minimum Gasteiger partial charge on any atom is -0.387 e. The largest absolute Gasteiger partial charge is 0.387 e. The first-order chi connectivity index (χ1) is 9.19. The van der Waals surface area contributed by atoms with Gasteiger partial charge in [-0.15, -0.1) is 11.8 Å². The average Bonchev–Trinajstić information content (AvgIpc) is 2.87. The lowest BCUT2D eigenvalue weighted by Crippen LogP contribution is -2.00. The summed E-state index contributed by atoms with van der Waals surface area (Å²) in [6, 6.07) is 6.28. The molecule has 0 saturated carbocycles. The number of aliphatic hydroxyl groups is 1. The van der Waals surface area contributed by atoms with E-state index in [9.17, 15) is 9.50 Å². The maximum absolute atomic E-state index is 12.8. The number of hydrogen-bond acceptors (Lipinski definition) is 3. The highest BCUT2D eigenvalue weighted by Gasteiger charge is 2.10. The molecule has 2 rings (SSSR count). The molecule has 0 bridgehead atoms. The van der Waals surface area contributed by atoms with Crippen molar-refractivity contribution >= 4 is 11.8 Å². The van der Waals surface area contributed by atoms with Crippen molar-refractivity contribution in [3.63, 3.8) is 0 Å². The van der Waals surface area contributed by atoms with Crippen molar-refractivity contribution in [2.75, 3.05) is 5.75 Å². The molecule has 0 radical (unpaired) electrons. The van der Waals surface area contributed by atoms with Crippen molar-refractivity contribution in [1.82, 2.24) is 9.78 Å². The van der Waals surface area contributed by atoms with Crippen LogP contribution in [0.4, 0.5) is 4.39 Å². The van der Waals surface area contributed by atoms with Gasteiger partial charge in [-0.1, -0.05) is 6.92 Å². The predicted octanol–water partition coefficient (Wildman–Crippen LogP) is 3.26. The molecule has 0 saturated heterocycles. The first kappa shape index (κ1) is 14.1. The second-order valence-electron chi connectivity index (χ2n) is 4.32. The Balaban J connectivity index is 1.89. The fourth-order valence-electron chi connectivity index (χ4n) is 1.71. The van der Waals surface area contributed by atoms with Crippen molar-refractivity contribution in [2.45, 2.75) is 30.9 Å². The van der Waals surface area contributed by atoms with E-state index in [0.29, 0.717) is 5.75 Å². The van der Waals surface area contributed by atoms with Crippen LogP contribution >= 0.6 is 11.8 Å². The van der Waals surface area contributed by atoms with Crippen molar-refractivity contribution < 1.29 is 9.50 Å². The van der Waals surface area contributed by atoms with Gasteiger partial charge >= 0.3 is 0 Å². The number of benzene rings is 1. The van der Waals surface area contributed by atoms with Crippen LogP contribution < -0.4 is 0 Å². The third-order valence-electron chi connectivity index (χ3n) is 2.71. The summed E-state index contributed by atoms with van der Waals surface area (Å²) in [5, 5.41) is 14.3. The molecule has 1 N–H and O–H groups in total. The molecule has 0 aliphatic heterocycles. The Bertz CT molecular complexity index is 512. The minimum absolute atomic E-state index is 0.245. The minimum atomic E-state index is -0.555. The van der Waals surface area contributed by atoms with Gasteiger partial charge < -0.3 is 5.11 Å². The summed E-state index contributed by atoms with van der Waals surface area (Å²) in [5.74, 6) is 0.287. The van der Waals surface area contributed by atoms with E-state index in [1.165, 1.54) is 23.9 Å². The molecule has 1 atom stereocenters. The normalized spacial score (nSPS) is 12.6. The fourth-order valence-corrected chi connectivity index (χ4v) is 2.58. The Morgan fingerprint density at radius 3 is 2.79 bits per heavy atom. The number of rotatable bonds is 6. The Hall–Kier alpha value is -1.33. The zero-order chi connectivity index (χ0) is 13.7. The van der Waals surface area contributed by atoms with Crippen LogP contribution in [0, 0.1) is 5.82 Å². The van der Waals surface area contributed by atoms with E-state index in [0.717, 1.165) is 23.4 Å². The average molecular weight is 280 g/mol. The lowest BCUT2D eigenvalue weighted by Gasteiger charge is -2.07. The SMILES string of the molecule is CCCn1cc(C(O)CSc2ccc(F)cc2)cn1. The lowest BCUT2D eigenvalue weighted by atomic mass is 10.2. The third kappa shape index (κ3) is 4.08. The number of aliphatic hydroxyl groups excluding tert-OH is 1. The zero-order valence-electron chi connectivity index (χ0n) is 10.8. The van der Waals surface area contributed by atoms with Crippen LogP contribution in [-0.2, 0) is 6.54 Å². The number of nitrogens with zero attached hydrogens (tertiary/aromatic N) is 2. The second-order valence-corrected chi connectivity index (χ2v) is 5.41. The molecule has 1 heterocycles. The molecule has 3 nitrogen and oxygen atoms in total. The van der Waals surface area contributed by atoms with Gasteiger partial charge in [0.15, 0.2) is 0 Å². The van der Waals surface area contributed by atoms with E-state index in [1.54, 1.807) is 18.3 Å². The fraction of sp³-hybridized carbons (Fsp3) is 0.357. The molecule has 19 heavy (non-hydrogen) atoms. The van der Waals surface area contributed by atoms with Crippen molar-refractivity contribution in [3.8, 4) is 0 Å². The van der Waals surface area contributed by atoms with Gasteiger partial charge in [0.1, 0.15) is 5.82 Å². The third-order valence-corrected chi connectivity index (χ3v) is 3.80. The molecule has 1 aromatic heterocycles. The molecule has 1 unspecified atom stereocenters. The van der Waals surface area contributed by atoms with Crippen LogP contribution in [0.25, 0.3) is 0 Å². The summed E-state index contributed by atoms with van der Waals surface area (Å²) < 4.78 is 14.6. The van der Waals surface area contributed by atoms with Crippen LogP contribution in [0.2, 0.25) is 0 Å². The number of hydrogen-bond donors (Lipinski definition) is 1. The van der Waals surface area contributed by atoms with E-state index in [1.807, 2.05) is 10.9 Å². The Labute approximate surface area is 116 Å².